The SMILES string of the molecule is CC(C)(C)OC(=O)Nc1ccccc1NC(=O)c1ccc(CN(CCN2CCOCC2)C(=O)NC2=COC=C(C3=CC=CCC3)O2)cc1. The average Bonchev–Trinajstić information content (AvgIpc) is 3.08. The number of hydrogen-bond acceptors (Lipinski definition) is 8. The van der Waals surface area contributed by atoms with Gasteiger partial charge in [0.15, 0.2) is 12.0 Å². The van der Waals surface area contributed by atoms with Crippen LogP contribution in [0.3, 0.4) is 0 Å². The molecule has 1 saturated heterocycles. The molecular weight excluding hydrogens is 614 g/mol. The van der Waals surface area contributed by atoms with E-state index >= 15 is 0 Å². The fourth-order valence-electron chi connectivity index (χ4n) is 5.14. The summed E-state index contributed by atoms with van der Waals surface area (Å²) in [6, 6.07) is 13.6. The molecule has 0 spiro atoms. The molecule has 12 heteroatoms. The summed E-state index contributed by atoms with van der Waals surface area (Å²) < 4.78 is 22.3. The predicted molar refractivity (Wildman–Crippen MR) is 182 cm³/mol. The van der Waals surface area contributed by atoms with Crippen LogP contribution in [0.2, 0.25) is 0 Å². The first kappa shape index (κ1) is 34.3. The fraction of sp³-hybridized carbons (Fsp3) is 0.361. The summed E-state index contributed by atoms with van der Waals surface area (Å²) in [7, 11) is 0. The van der Waals surface area contributed by atoms with Gasteiger partial charge in [0.25, 0.3) is 5.91 Å². The molecule has 2 heterocycles. The molecule has 1 aliphatic carbocycles. The Morgan fingerprint density at radius 1 is 0.938 bits per heavy atom. The maximum Gasteiger partial charge on any atom is 0.412 e. The molecule has 0 unspecified atom stereocenters. The lowest BCUT2D eigenvalue weighted by molar-refractivity contribution is 0.0346. The number of benzene rings is 2. The highest BCUT2D eigenvalue weighted by Crippen LogP contribution is 2.26. The molecular formula is C36H43N5O7. The van der Waals surface area contributed by atoms with Gasteiger partial charge in [-0.3, -0.25) is 20.3 Å². The molecule has 0 aromatic heterocycles. The summed E-state index contributed by atoms with van der Waals surface area (Å²) in [5.41, 5.74) is 2.43. The number of hydrogen-bond donors (Lipinski definition) is 3. The third-order valence-corrected chi connectivity index (χ3v) is 7.61. The molecule has 3 N–H and O–H groups in total. The van der Waals surface area contributed by atoms with Crippen LogP contribution in [0.5, 0.6) is 0 Å². The number of nitrogens with one attached hydrogen (secondary N) is 3. The van der Waals surface area contributed by atoms with E-state index in [1.54, 1.807) is 62.1 Å². The number of amides is 4. The summed E-state index contributed by atoms with van der Waals surface area (Å²) in [5.74, 6) is 0.419. The Hall–Kier alpha value is -5.07. The number of para-hydroxylation sites is 2. The van der Waals surface area contributed by atoms with Crippen molar-refractivity contribution >= 4 is 29.4 Å². The van der Waals surface area contributed by atoms with Crippen LogP contribution in [-0.2, 0) is 25.5 Å². The number of urea groups is 1. The minimum absolute atomic E-state index is 0.206. The zero-order chi connectivity index (χ0) is 33.9. The molecule has 48 heavy (non-hydrogen) atoms. The number of allylic oxidation sites excluding steroid dienone is 4. The van der Waals surface area contributed by atoms with Gasteiger partial charge < -0.3 is 29.2 Å². The van der Waals surface area contributed by atoms with Crippen LogP contribution in [0.15, 0.2) is 96.5 Å². The van der Waals surface area contributed by atoms with Crippen LogP contribution >= 0.6 is 0 Å². The fourth-order valence-corrected chi connectivity index (χ4v) is 5.14. The third-order valence-electron chi connectivity index (χ3n) is 7.61. The molecule has 0 atom stereocenters. The van der Waals surface area contributed by atoms with E-state index in [-0.39, 0.29) is 17.8 Å². The molecule has 3 aliphatic rings. The minimum atomic E-state index is -0.663. The molecule has 1 fully saturated rings. The summed E-state index contributed by atoms with van der Waals surface area (Å²) >= 11 is 0. The van der Waals surface area contributed by atoms with Gasteiger partial charge in [-0.15, -0.1) is 0 Å². The third kappa shape index (κ3) is 10.2. The molecule has 2 aromatic carbocycles. The molecule has 2 aliphatic heterocycles. The standard InChI is InChI=1S/C36H43N5O7/c1-36(2,3)48-35(44)38-30-12-8-7-11-29(30)37-33(42)28-15-13-26(14-16-28)23-41(18-17-40-19-21-45-22-20-40)34(43)39-32-25-46-24-31(47-32)27-9-5-4-6-10-27/h4-5,7-9,11-16,24-25H,6,10,17-23H2,1-3H3,(H,37,42)(H,38,44)(H,39,43). The Labute approximate surface area is 281 Å². The summed E-state index contributed by atoms with van der Waals surface area (Å²) in [4.78, 5) is 43.0. The van der Waals surface area contributed by atoms with Crippen molar-refractivity contribution in [2.75, 3.05) is 50.0 Å². The van der Waals surface area contributed by atoms with Gasteiger partial charge in [0, 0.05) is 38.3 Å². The molecule has 5 rings (SSSR count). The Morgan fingerprint density at radius 2 is 1.67 bits per heavy atom. The van der Waals surface area contributed by atoms with Gasteiger partial charge in [-0.2, -0.15) is 0 Å². The van der Waals surface area contributed by atoms with E-state index in [0.29, 0.717) is 55.5 Å². The number of carbonyl (C=O) groups excluding carboxylic acids is 3. The first-order valence-electron chi connectivity index (χ1n) is 16.1. The maximum absolute atomic E-state index is 13.6. The summed E-state index contributed by atoms with van der Waals surface area (Å²) in [6.45, 7) is 9.69. The molecule has 2 aromatic rings. The van der Waals surface area contributed by atoms with E-state index in [2.05, 4.69) is 26.9 Å². The Kier molecular flexibility index (Phi) is 11.5. The van der Waals surface area contributed by atoms with E-state index in [1.807, 2.05) is 24.3 Å². The maximum atomic E-state index is 13.6. The monoisotopic (exact) mass is 657 g/mol. The van der Waals surface area contributed by atoms with E-state index in [4.69, 9.17) is 18.9 Å². The van der Waals surface area contributed by atoms with Gasteiger partial charge in [0.1, 0.15) is 11.9 Å². The number of nitrogens with zero attached hydrogens (tertiary/aromatic N) is 2. The molecule has 12 nitrogen and oxygen atoms in total. The quantitative estimate of drug-likeness (QED) is 0.280. The second-order valence-electron chi connectivity index (χ2n) is 12.5. The minimum Gasteiger partial charge on any atom is -0.463 e. The van der Waals surface area contributed by atoms with E-state index in [0.717, 1.165) is 37.1 Å². The van der Waals surface area contributed by atoms with Crippen LogP contribution in [0.1, 0.15) is 49.5 Å². The van der Waals surface area contributed by atoms with Gasteiger partial charge in [-0.1, -0.05) is 42.5 Å². The topological polar surface area (TPSA) is 131 Å². The van der Waals surface area contributed by atoms with Crippen molar-refractivity contribution in [2.45, 2.75) is 45.8 Å². The highest BCUT2D eigenvalue weighted by molar-refractivity contribution is 6.06. The van der Waals surface area contributed by atoms with Crippen LogP contribution in [-0.4, -0.2) is 72.8 Å². The second-order valence-corrected chi connectivity index (χ2v) is 12.5. The Morgan fingerprint density at radius 3 is 2.35 bits per heavy atom. The van der Waals surface area contributed by atoms with Crippen molar-refractivity contribution < 1.29 is 33.3 Å². The normalized spacial score (nSPS) is 16.3. The molecule has 4 amide bonds. The second kappa shape index (κ2) is 16.2. The van der Waals surface area contributed by atoms with Crippen LogP contribution in [0.4, 0.5) is 21.0 Å². The molecule has 0 saturated carbocycles. The lowest BCUT2D eigenvalue weighted by Gasteiger charge is -2.30. The van der Waals surface area contributed by atoms with Gasteiger partial charge in [0.2, 0.25) is 5.88 Å². The number of rotatable bonds is 10. The lowest BCUT2D eigenvalue weighted by atomic mass is 10.0. The zero-order valence-electron chi connectivity index (χ0n) is 27.6. The largest absolute Gasteiger partial charge is 0.463 e. The summed E-state index contributed by atoms with van der Waals surface area (Å²) in [5, 5.41) is 8.40. The predicted octanol–water partition coefficient (Wildman–Crippen LogP) is 6.09. The van der Waals surface area contributed by atoms with E-state index < -0.39 is 11.7 Å². The lowest BCUT2D eigenvalue weighted by Crippen LogP contribution is -2.46. The highest BCUT2D eigenvalue weighted by Gasteiger charge is 2.22. The Bertz CT molecular complexity index is 1580. The van der Waals surface area contributed by atoms with Crippen LogP contribution in [0.25, 0.3) is 0 Å². The van der Waals surface area contributed by atoms with Gasteiger partial charge in [-0.05, 0) is 69.0 Å². The van der Waals surface area contributed by atoms with Crippen molar-refractivity contribution in [3.8, 4) is 0 Å². The van der Waals surface area contributed by atoms with Crippen LogP contribution < -0.4 is 16.0 Å². The first-order valence-corrected chi connectivity index (χ1v) is 16.1. The van der Waals surface area contributed by atoms with Crippen molar-refractivity contribution in [1.82, 2.24) is 15.1 Å². The van der Waals surface area contributed by atoms with Gasteiger partial charge in [-0.25, -0.2) is 9.59 Å². The van der Waals surface area contributed by atoms with Gasteiger partial charge >= 0.3 is 12.1 Å². The smallest absolute Gasteiger partial charge is 0.412 e. The Balaban J connectivity index is 1.22. The average molecular weight is 658 g/mol. The molecule has 254 valence electrons. The van der Waals surface area contributed by atoms with Crippen molar-refractivity contribution in [1.29, 1.82) is 0 Å². The molecule has 0 bridgehead atoms. The first-order chi connectivity index (χ1) is 23.1. The van der Waals surface area contributed by atoms with Gasteiger partial charge in [0.05, 0.1) is 24.6 Å². The number of carbonyl (C=O) groups is 3. The zero-order valence-corrected chi connectivity index (χ0v) is 27.6. The van der Waals surface area contributed by atoms with Crippen LogP contribution in [0, 0.1) is 0 Å². The number of anilines is 2. The van der Waals surface area contributed by atoms with Crippen molar-refractivity contribution in [3.05, 3.63) is 108 Å². The van der Waals surface area contributed by atoms with Crippen molar-refractivity contribution in [3.63, 3.8) is 0 Å². The van der Waals surface area contributed by atoms with E-state index in [1.165, 1.54) is 12.5 Å². The molecule has 0 radical (unpaired) electrons. The highest BCUT2D eigenvalue weighted by atomic mass is 16.6. The summed E-state index contributed by atoms with van der Waals surface area (Å²) in [6.07, 6.45) is 10.1. The number of ether oxygens (including phenoxy) is 4. The number of morpholine rings is 1. The van der Waals surface area contributed by atoms with E-state index in [9.17, 15) is 14.4 Å². The van der Waals surface area contributed by atoms with Crippen molar-refractivity contribution in [2.24, 2.45) is 0 Å².